The number of hydrogen-bond acceptors (Lipinski definition) is 4. The first-order valence-electron chi connectivity index (χ1n) is 8.45. The molecule has 5 rings (SSSR count). The van der Waals surface area contributed by atoms with E-state index in [0.29, 0.717) is 11.4 Å². The van der Waals surface area contributed by atoms with Crippen LogP contribution in [-0.4, -0.2) is 26.1 Å². The molecule has 3 N–H and O–H groups in total. The number of aryl methyl sites for hydroxylation is 1. The zero-order valence-corrected chi connectivity index (χ0v) is 15.2. The number of carbonyl (C=O) groups excluding carboxylic acids is 1. The number of nitrogens with zero attached hydrogens (tertiary/aromatic N) is 2. The lowest BCUT2D eigenvalue weighted by Crippen LogP contribution is -2.12. The number of aromatic amines is 2. The van der Waals surface area contributed by atoms with Gasteiger partial charge in [-0.2, -0.15) is 5.10 Å². The first-order chi connectivity index (χ1) is 13.2. The number of thiazole rings is 1. The Morgan fingerprint density at radius 3 is 2.89 bits per heavy atom. The minimum atomic E-state index is -0.222. The molecule has 0 unspecified atom stereocenters. The lowest BCUT2D eigenvalue weighted by molar-refractivity contribution is 0.102. The fourth-order valence-electron chi connectivity index (χ4n) is 3.21. The fraction of sp³-hybridized carbons (Fsp3) is 0.0500. The van der Waals surface area contributed by atoms with Gasteiger partial charge in [0.1, 0.15) is 5.69 Å². The highest BCUT2D eigenvalue weighted by Crippen LogP contribution is 2.31. The summed E-state index contributed by atoms with van der Waals surface area (Å²) < 4.78 is 0. The zero-order chi connectivity index (χ0) is 18.4. The van der Waals surface area contributed by atoms with E-state index < -0.39 is 0 Å². The molecule has 0 radical (unpaired) electrons. The van der Waals surface area contributed by atoms with Crippen molar-refractivity contribution in [1.82, 2.24) is 20.2 Å². The van der Waals surface area contributed by atoms with Crippen LogP contribution in [0.4, 0.5) is 5.69 Å². The average molecular weight is 373 g/mol. The van der Waals surface area contributed by atoms with Crippen molar-refractivity contribution in [2.75, 3.05) is 5.32 Å². The van der Waals surface area contributed by atoms with Crippen molar-refractivity contribution in [3.63, 3.8) is 0 Å². The Balaban J connectivity index is 1.59. The Labute approximate surface area is 158 Å². The number of anilines is 1. The van der Waals surface area contributed by atoms with E-state index in [1.165, 1.54) is 11.3 Å². The lowest BCUT2D eigenvalue weighted by Gasteiger charge is -2.09. The standard InChI is InChI=1S/C20H15N5OS/c1-11-23-19(10-27-11)20(26)24-17-7-14(8-18-15(17)9-22-25-18)12-2-3-16-13(6-12)4-5-21-16/h2-10,21H,1H3,(H,22,25)(H,24,26). The highest BCUT2D eigenvalue weighted by molar-refractivity contribution is 7.09. The van der Waals surface area contributed by atoms with Crippen LogP contribution in [0.2, 0.25) is 0 Å². The minimum absolute atomic E-state index is 0.222. The maximum Gasteiger partial charge on any atom is 0.275 e. The van der Waals surface area contributed by atoms with Gasteiger partial charge in [0.25, 0.3) is 5.91 Å². The van der Waals surface area contributed by atoms with Gasteiger partial charge < -0.3 is 10.3 Å². The van der Waals surface area contributed by atoms with Crippen LogP contribution < -0.4 is 5.32 Å². The molecule has 27 heavy (non-hydrogen) atoms. The number of hydrogen-bond donors (Lipinski definition) is 3. The molecule has 0 saturated heterocycles. The van der Waals surface area contributed by atoms with Crippen LogP contribution in [0.25, 0.3) is 32.9 Å². The molecule has 0 spiro atoms. The quantitative estimate of drug-likeness (QED) is 0.427. The number of amides is 1. The van der Waals surface area contributed by atoms with E-state index in [2.05, 4.69) is 43.7 Å². The van der Waals surface area contributed by atoms with Crippen molar-refractivity contribution in [2.24, 2.45) is 0 Å². The summed E-state index contributed by atoms with van der Waals surface area (Å²) in [5, 5.41) is 14.7. The van der Waals surface area contributed by atoms with Crippen LogP contribution in [-0.2, 0) is 0 Å². The topological polar surface area (TPSA) is 86.5 Å². The van der Waals surface area contributed by atoms with Crippen molar-refractivity contribution in [1.29, 1.82) is 0 Å². The molecule has 132 valence electrons. The summed E-state index contributed by atoms with van der Waals surface area (Å²) in [6, 6.07) is 12.3. The van der Waals surface area contributed by atoms with Gasteiger partial charge in [0.2, 0.25) is 0 Å². The summed E-state index contributed by atoms with van der Waals surface area (Å²) in [4.78, 5) is 20.0. The predicted molar refractivity (Wildman–Crippen MR) is 108 cm³/mol. The summed E-state index contributed by atoms with van der Waals surface area (Å²) in [6.45, 7) is 1.88. The maximum absolute atomic E-state index is 12.6. The molecule has 7 heteroatoms. The van der Waals surface area contributed by atoms with E-state index in [9.17, 15) is 4.79 Å². The van der Waals surface area contributed by atoms with Crippen LogP contribution in [0, 0.1) is 6.92 Å². The molecule has 0 aliphatic heterocycles. The molecule has 1 amide bonds. The Kier molecular flexibility index (Phi) is 3.54. The minimum Gasteiger partial charge on any atom is -0.361 e. The normalized spacial score (nSPS) is 11.3. The molecule has 2 aromatic carbocycles. The van der Waals surface area contributed by atoms with Gasteiger partial charge in [0, 0.05) is 22.5 Å². The largest absolute Gasteiger partial charge is 0.361 e. The second kappa shape index (κ2) is 6.07. The predicted octanol–water partition coefficient (Wildman–Crippen LogP) is 4.73. The second-order valence-electron chi connectivity index (χ2n) is 6.34. The summed E-state index contributed by atoms with van der Waals surface area (Å²) in [6.07, 6.45) is 3.64. The first kappa shape index (κ1) is 15.8. The van der Waals surface area contributed by atoms with Crippen LogP contribution >= 0.6 is 11.3 Å². The SMILES string of the molecule is Cc1nc(C(=O)Nc2cc(-c3ccc4[nH]ccc4c3)cc3[nH]ncc23)cs1. The summed E-state index contributed by atoms with van der Waals surface area (Å²) in [5.41, 5.74) is 5.16. The van der Waals surface area contributed by atoms with Gasteiger partial charge in [-0.1, -0.05) is 6.07 Å². The Bertz CT molecular complexity index is 1300. The van der Waals surface area contributed by atoms with E-state index in [4.69, 9.17) is 0 Å². The van der Waals surface area contributed by atoms with Crippen molar-refractivity contribution < 1.29 is 4.79 Å². The number of H-pyrrole nitrogens is 2. The monoisotopic (exact) mass is 373 g/mol. The van der Waals surface area contributed by atoms with E-state index in [0.717, 1.165) is 37.9 Å². The van der Waals surface area contributed by atoms with Crippen molar-refractivity contribution in [2.45, 2.75) is 6.92 Å². The molecule has 6 nitrogen and oxygen atoms in total. The molecule has 5 aromatic rings. The van der Waals surface area contributed by atoms with Gasteiger partial charge in [-0.3, -0.25) is 9.89 Å². The van der Waals surface area contributed by atoms with Crippen LogP contribution in [0.1, 0.15) is 15.5 Å². The molecular weight excluding hydrogens is 358 g/mol. The van der Waals surface area contributed by atoms with Gasteiger partial charge >= 0.3 is 0 Å². The molecule has 3 heterocycles. The third-order valence-corrected chi connectivity index (χ3v) is 5.32. The Hall–Kier alpha value is -3.45. The van der Waals surface area contributed by atoms with Gasteiger partial charge in [0.15, 0.2) is 0 Å². The van der Waals surface area contributed by atoms with Gasteiger partial charge in [-0.25, -0.2) is 4.98 Å². The number of nitrogens with one attached hydrogen (secondary N) is 3. The molecule has 0 saturated carbocycles. The van der Waals surface area contributed by atoms with E-state index in [-0.39, 0.29) is 5.91 Å². The molecule has 3 aromatic heterocycles. The van der Waals surface area contributed by atoms with Gasteiger partial charge in [0.05, 0.1) is 22.4 Å². The van der Waals surface area contributed by atoms with Gasteiger partial charge in [-0.15, -0.1) is 11.3 Å². The highest BCUT2D eigenvalue weighted by atomic mass is 32.1. The number of rotatable bonds is 3. The van der Waals surface area contributed by atoms with Gasteiger partial charge in [-0.05, 0) is 53.8 Å². The number of fused-ring (bicyclic) bond motifs is 2. The van der Waals surface area contributed by atoms with Crippen LogP contribution in [0.5, 0.6) is 0 Å². The molecule has 0 aliphatic rings. The zero-order valence-electron chi connectivity index (χ0n) is 14.4. The van der Waals surface area contributed by atoms with E-state index >= 15 is 0 Å². The molecule has 0 bridgehead atoms. The summed E-state index contributed by atoms with van der Waals surface area (Å²) in [5.74, 6) is -0.222. The van der Waals surface area contributed by atoms with Crippen LogP contribution in [0.3, 0.4) is 0 Å². The number of aromatic nitrogens is 4. The highest BCUT2D eigenvalue weighted by Gasteiger charge is 2.14. The van der Waals surface area contributed by atoms with E-state index in [1.54, 1.807) is 11.6 Å². The summed E-state index contributed by atoms with van der Waals surface area (Å²) in [7, 11) is 0. The van der Waals surface area contributed by atoms with E-state index in [1.807, 2.05) is 31.3 Å². The second-order valence-corrected chi connectivity index (χ2v) is 7.40. The molecule has 0 aliphatic carbocycles. The Morgan fingerprint density at radius 1 is 1.11 bits per heavy atom. The number of benzene rings is 2. The van der Waals surface area contributed by atoms with Crippen molar-refractivity contribution in [3.05, 3.63) is 64.9 Å². The van der Waals surface area contributed by atoms with Crippen molar-refractivity contribution >= 4 is 44.7 Å². The smallest absolute Gasteiger partial charge is 0.275 e. The molecular formula is C20H15N5OS. The third-order valence-electron chi connectivity index (χ3n) is 4.55. The molecule has 0 fully saturated rings. The average Bonchev–Trinajstić information content (AvgIpc) is 3.40. The fourth-order valence-corrected chi connectivity index (χ4v) is 3.80. The maximum atomic E-state index is 12.6. The number of carbonyl (C=O) groups is 1. The molecule has 0 atom stereocenters. The lowest BCUT2D eigenvalue weighted by atomic mass is 10.0. The van der Waals surface area contributed by atoms with Crippen LogP contribution in [0.15, 0.2) is 54.2 Å². The Morgan fingerprint density at radius 2 is 2.04 bits per heavy atom. The third kappa shape index (κ3) is 2.78. The summed E-state index contributed by atoms with van der Waals surface area (Å²) >= 11 is 1.46. The first-order valence-corrected chi connectivity index (χ1v) is 9.33. The van der Waals surface area contributed by atoms with Crippen molar-refractivity contribution in [3.8, 4) is 11.1 Å².